The minimum Gasteiger partial charge on any atom is -0.497 e. The Kier molecular flexibility index (Phi) is 11.2. The van der Waals surface area contributed by atoms with Crippen LogP contribution in [0.15, 0.2) is 66.2 Å². The van der Waals surface area contributed by atoms with Crippen molar-refractivity contribution in [3.8, 4) is 11.5 Å². The number of halogens is 3. The van der Waals surface area contributed by atoms with Gasteiger partial charge in [-0.05, 0) is 85.2 Å². The van der Waals surface area contributed by atoms with Crippen LogP contribution in [-0.4, -0.2) is 55.2 Å². The van der Waals surface area contributed by atoms with Gasteiger partial charge in [-0.1, -0.05) is 36.4 Å². The van der Waals surface area contributed by atoms with Gasteiger partial charge < -0.3 is 24.8 Å². The van der Waals surface area contributed by atoms with Crippen molar-refractivity contribution < 1.29 is 37.3 Å². The fourth-order valence-electron chi connectivity index (χ4n) is 5.07. The fraction of sp³-hybridized carbons (Fsp3) is 0.333. The summed E-state index contributed by atoms with van der Waals surface area (Å²) < 4.78 is 51.4. The zero-order valence-corrected chi connectivity index (χ0v) is 24.0. The van der Waals surface area contributed by atoms with Crippen LogP contribution in [0.4, 0.5) is 13.2 Å². The molecule has 1 fully saturated rings. The van der Waals surface area contributed by atoms with E-state index in [4.69, 9.17) is 19.4 Å². The molecule has 1 aliphatic carbocycles. The van der Waals surface area contributed by atoms with Crippen LogP contribution < -0.4 is 14.8 Å². The molecule has 228 valence electrons. The molecule has 2 N–H and O–H groups in total. The monoisotopic (exact) mass is 596 g/mol. The first-order valence-corrected chi connectivity index (χ1v) is 14.2. The van der Waals surface area contributed by atoms with Crippen LogP contribution in [0.25, 0.3) is 5.57 Å². The summed E-state index contributed by atoms with van der Waals surface area (Å²) in [6.07, 6.45) is 3.93. The largest absolute Gasteiger partial charge is 0.497 e. The van der Waals surface area contributed by atoms with E-state index in [1.807, 2.05) is 53.4 Å². The predicted molar refractivity (Wildman–Crippen MR) is 156 cm³/mol. The van der Waals surface area contributed by atoms with Gasteiger partial charge in [0.2, 0.25) is 5.82 Å². The van der Waals surface area contributed by atoms with Crippen molar-refractivity contribution in [2.45, 2.75) is 44.7 Å². The Hall–Kier alpha value is -4.31. The maximum atomic E-state index is 13.9. The van der Waals surface area contributed by atoms with E-state index in [0.717, 1.165) is 71.5 Å². The summed E-state index contributed by atoms with van der Waals surface area (Å²) in [6.45, 7) is 1.68. The number of methoxy groups -OCH3 is 1. The molecule has 0 spiro atoms. The molecule has 10 heteroatoms. The highest BCUT2D eigenvalue weighted by Crippen LogP contribution is 2.33. The van der Waals surface area contributed by atoms with E-state index in [0.29, 0.717) is 25.9 Å². The molecule has 5 rings (SSSR count). The van der Waals surface area contributed by atoms with Crippen LogP contribution in [-0.2, 0) is 22.6 Å². The molecule has 2 aliphatic rings. The molecule has 0 aromatic heterocycles. The molecular formula is C33H35F3N2O5. The topological polar surface area (TPSA) is 88.1 Å². The molecule has 0 unspecified atom stereocenters. The van der Waals surface area contributed by atoms with E-state index in [2.05, 4.69) is 5.32 Å². The first-order valence-electron chi connectivity index (χ1n) is 14.2. The molecule has 3 aromatic carbocycles. The zero-order valence-electron chi connectivity index (χ0n) is 24.0. The Morgan fingerprint density at radius 3 is 2.47 bits per heavy atom. The fourth-order valence-corrected chi connectivity index (χ4v) is 5.07. The standard InChI is InChI=1S/C32H33F3N2O3.CH2O2/c1-39-25-6-2-4-22(18-25)20-37(24-11-12-24)32(38)27-19-36-16-15-26(27)23-9-7-21(8-10-23)5-3-17-40-31-29(34)14-13-28(33)30(31)35;2-1-3/h2,4,6-10,13-14,18,24,36H,3,5,11-12,15-17,19-20H2,1H3;1H,(H,2,3). The van der Waals surface area contributed by atoms with Crippen LogP contribution in [0, 0.1) is 17.5 Å². The van der Waals surface area contributed by atoms with E-state index >= 15 is 0 Å². The second-order valence-electron chi connectivity index (χ2n) is 10.3. The van der Waals surface area contributed by atoms with Gasteiger partial charge in [0.25, 0.3) is 12.4 Å². The van der Waals surface area contributed by atoms with Crippen molar-refractivity contribution in [3.05, 3.63) is 100 Å². The van der Waals surface area contributed by atoms with Crippen molar-refractivity contribution in [2.24, 2.45) is 0 Å². The number of nitrogens with one attached hydrogen (secondary N) is 1. The van der Waals surface area contributed by atoms with Gasteiger partial charge in [0.05, 0.1) is 13.7 Å². The normalized spacial score (nSPS) is 14.4. The lowest BCUT2D eigenvalue weighted by Crippen LogP contribution is -2.39. The highest BCUT2D eigenvalue weighted by atomic mass is 19.2. The average Bonchev–Trinajstić information content (AvgIpc) is 3.87. The Morgan fingerprint density at radius 2 is 1.77 bits per heavy atom. The van der Waals surface area contributed by atoms with Gasteiger partial charge in [-0.3, -0.25) is 9.59 Å². The second-order valence-corrected chi connectivity index (χ2v) is 10.3. The number of aryl methyl sites for hydroxylation is 1. The molecule has 1 heterocycles. The smallest absolute Gasteiger partial charge is 0.290 e. The predicted octanol–water partition coefficient (Wildman–Crippen LogP) is 5.76. The molecule has 0 saturated heterocycles. The number of nitrogens with zero attached hydrogens (tertiary/aromatic N) is 1. The molecule has 0 atom stereocenters. The summed E-state index contributed by atoms with van der Waals surface area (Å²) in [5, 5.41) is 10.3. The number of amides is 1. The van der Waals surface area contributed by atoms with Crippen molar-refractivity contribution in [1.82, 2.24) is 10.2 Å². The lowest BCUT2D eigenvalue weighted by atomic mass is 9.92. The maximum Gasteiger partial charge on any atom is 0.290 e. The van der Waals surface area contributed by atoms with Gasteiger partial charge >= 0.3 is 0 Å². The van der Waals surface area contributed by atoms with Crippen LogP contribution >= 0.6 is 0 Å². The van der Waals surface area contributed by atoms with Gasteiger partial charge in [-0.25, -0.2) is 8.78 Å². The summed E-state index contributed by atoms with van der Waals surface area (Å²) in [6, 6.07) is 17.8. The van der Waals surface area contributed by atoms with E-state index in [-0.39, 0.29) is 25.0 Å². The van der Waals surface area contributed by atoms with E-state index in [9.17, 15) is 18.0 Å². The number of hydrogen-bond acceptors (Lipinski definition) is 5. The van der Waals surface area contributed by atoms with E-state index in [1.54, 1.807) is 7.11 Å². The SMILES string of the molecule is COc1cccc(CN(C(=O)C2=C(c3ccc(CCCOc4c(F)ccc(F)c4F)cc3)CCNC2)C2CC2)c1.O=CO. The van der Waals surface area contributed by atoms with E-state index < -0.39 is 23.2 Å². The van der Waals surface area contributed by atoms with Crippen LogP contribution in [0.2, 0.25) is 0 Å². The Bertz CT molecular complexity index is 1440. The van der Waals surface area contributed by atoms with Crippen molar-refractivity contribution in [3.63, 3.8) is 0 Å². The number of carbonyl (C=O) groups is 2. The molecule has 1 aliphatic heterocycles. The minimum absolute atomic E-state index is 0.0544. The number of ether oxygens (including phenoxy) is 2. The Morgan fingerprint density at radius 1 is 1.05 bits per heavy atom. The number of hydrogen-bond donors (Lipinski definition) is 2. The maximum absolute atomic E-state index is 13.9. The lowest BCUT2D eigenvalue weighted by molar-refractivity contribution is -0.128. The minimum atomic E-state index is -1.31. The summed E-state index contributed by atoms with van der Waals surface area (Å²) in [7, 11) is 1.64. The zero-order chi connectivity index (χ0) is 30.8. The lowest BCUT2D eigenvalue weighted by Gasteiger charge is -2.28. The third-order valence-corrected chi connectivity index (χ3v) is 7.37. The number of carbonyl (C=O) groups excluding carboxylic acids is 1. The van der Waals surface area contributed by atoms with Crippen molar-refractivity contribution in [1.29, 1.82) is 0 Å². The average molecular weight is 597 g/mol. The summed E-state index contributed by atoms with van der Waals surface area (Å²) in [4.78, 5) is 24.2. The molecule has 0 radical (unpaired) electrons. The van der Waals surface area contributed by atoms with Crippen molar-refractivity contribution in [2.75, 3.05) is 26.8 Å². The molecule has 0 bridgehead atoms. The molecule has 3 aromatic rings. The van der Waals surface area contributed by atoms with Gasteiger partial charge in [0.1, 0.15) is 5.75 Å². The van der Waals surface area contributed by atoms with Crippen molar-refractivity contribution >= 4 is 18.0 Å². The molecule has 1 saturated carbocycles. The third kappa shape index (κ3) is 8.38. The van der Waals surface area contributed by atoms with Crippen LogP contribution in [0.5, 0.6) is 11.5 Å². The van der Waals surface area contributed by atoms with E-state index in [1.165, 1.54) is 0 Å². The van der Waals surface area contributed by atoms with Crippen LogP contribution in [0.1, 0.15) is 42.4 Å². The highest BCUT2D eigenvalue weighted by molar-refractivity contribution is 6.02. The number of carboxylic acid groups (broad SMARTS) is 1. The Labute approximate surface area is 248 Å². The molecule has 1 amide bonds. The van der Waals surface area contributed by atoms with Crippen LogP contribution in [0.3, 0.4) is 0 Å². The second kappa shape index (κ2) is 15.2. The summed E-state index contributed by atoms with van der Waals surface area (Å²) >= 11 is 0. The third-order valence-electron chi connectivity index (χ3n) is 7.37. The van der Waals surface area contributed by atoms with Gasteiger partial charge in [-0.15, -0.1) is 0 Å². The first-order chi connectivity index (χ1) is 20.9. The quantitative estimate of drug-likeness (QED) is 0.166. The first kappa shape index (κ1) is 31.6. The molecule has 7 nitrogen and oxygen atoms in total. The number of benzene rings is 3. The summed E-state index contributed by atoms with van der Waals surface area (Å²) in [5.74, 6) is -3.21. The molecular weight excluding hydrogens is 561 g/mol. The molecule has 43 heavy (non-hydrogen) atoms. The van der Waals surface area contributed by atoms with Gasteiger partial charge in [0, 0.05) is 24.7 Å². The highest BCUT2D eigenvalue weighted by Gasteiger charge is 2.35. The number of rotatable bonds is 11. The van der Waals surface area contributed by atoms with Gasteiger partial charge in [0.15, 0.2) is 17.4 Å². The summed E-state index contributed by atoms with van der Waals surface area (Å²) in [5.41, 5.74) is 4.97. The Balaban J connectivity index is 0.00000135. The van der Waals surface area contributed by atoms with Gasteiger partial charge in [-0.2, -0.15) is 4.39 Å².